The molecule has 0 radical (unpaired) electrons. The molecule has 24 heavy (non-hydrogen) atoms. The third kappa shape index (κ3) is 4.43. The first-order valence-electron chi connectivity index (χ1n) is 7.35. The van der Waals surface area contributed by atoms with Crippen molar-refractivity contribution in [3.05, 3.63) is 71.1 Å². The molecule has 4 nitrogen and oxygen atoms in total. The molecule has 0 spiro atoms. The van der Waals surface area contributed by atoms with Crippen LogP contribution in [-0.2, 0) is 0 Å². The predicted molar refractivity (Wildman–Crippen MR) is 101 cm³/mol. The molecule has 0 unspecified atom stereocenters. The highest BCUT2D eigenvalue weighted by Crippen LogP contribution is 2.22. The second kappa shape index (κ2) is 8.48. The summed E-state index contributed by atoms with van der Waals surface area (Å²) in [5, 5.41) is 0. The van der Waals surface area contributed by atoms with E-state index in [2.05, 4.69) is 23.4 Å². The number of aliphatic imine (C=N–C) groups is 2. The van der Waals surface area contributed by atoms with Gasteiger partial charge in [0.05, 0.1) is 25.6 Å². The summed E-state index contributed by atoms with van der Waals surface area (Å²) < 4.78 is 10.3. The number of hydrogen-bond donors (Lipinski definition) is 0. The first kappa shape index (κ1) is 17.2. The molecule has 0 amide bonds. The number of methoxy groups -OCH3 is 2. The average Bonchev–Trinajstić information content (AvgIpc) is 2.65. The third-order valence-corrected chi connectivity index (χ3v) is 3.44. The second-order valence-corrected chi connectivity index (χ2v) is 4.92. The van der Waals surface area contributed by atoms with Crippen LogP contribution >= 0.6 is 0 Å². The summed E-state index contributed by atoms with van der Waals surface area (Å²) in [6.45, 7) is 7.27. The van der Waals surface area contributed by atoms with Crippen LogP contribution in [0.1, 0.15) is 11.1 Å². The molecule has 0 aliphatic heterocycles. The molecule has 4 heteroatoms. The SMILES string of the molecule is C=NC(=Cc1ccc(OC)cc1)C(=Cc1ccc(OC)cc1)N=C. The molecule has 122 valence electrons. The van der Waals surface area contributed by atoms with Crippen molar-refractivity contribution in [2.24, 2.45) is 9.98 Å². The predicted octanol–water partition coefficient (Wildman–Crippen LogP) is 4.49. The number of ether oxygens (including phenoxy) is 2. The summed E-state index contributed by atoms with van der Waals surface area (Å²) in [5.41, 5.74) is 3.24. The van der Waals surface area contributed by atoms with E-state index in [1.54, 1.807) is 14.2 Å². The molecule has 0 saturated carbocycles. The molecule has 0 aromatic heterocycles. The van der Waals surface area contributed by atoms with E-state index < -0.39 is 0 Å². The lowest BCUT2D eigenvalue weighted by atomic mass is 10.1. The van der Waals surface area contributed by atoms with Crippen molar-refractivity contribution in [3.63, 3.8) is 0 Å². The van der Waals surface area contributed by atoms with Crippen molar-refractivity contribution in [2.75, 3.05) is 14.2 Å². The quantitative estimate of drug-likeness (QED) is 0.557. The van der Waals surface area contributed by atoms with Gasteiger partial charge in [-0.2, -0.15) is 0 Å². The van der Waals surface area contributed by atoms with Crippen LogP contribution in [0.4, 0.5) is 0 Å². The Morgan fingerprint density at radius 2 is 1.04 bits per heavy atom. The topological polar surface area (TPSA) is 43.2 Å². The number of hydrogen-bond acceptors (Lipinski definition) is 4. The van der Waals surface area contributed by atoms with Crippen molar-refractivity contribution in [1.29, 1.82) is 0 Å². The van der Waals surface area contributed by atoms with Gasteiger partial charge in [0, 0.05) is 0 Å². The molecule has 2 aromatic rings. The van der Waals surface area contributed by atoms with Crippen LogP contribution < -0.4 is 9.47 Å². The minimum atomic E-state index is 0.644. The van der Waals surface area contributed by atoms with Crippen LogP contribution in [0, 0.1) is 0 Å². The molecule has 0 atom stereocenters. The Morgan fingerprint density at radius 3 is 1.29 bits per heavy atom. The van der Waals surface area contributed by atoms with E-state index in [1.807, 2.05) is 60.7 Å². The lowest BCUT2D eigenvalue weighted by Gasteiger charge is -2.05. The van der Waals surface area contributed by atoms with Crippen molar-refractivity contribution < 1.29 is 9.47 Å². The van der Waals surface area contributed by atoms with E-state index in [1.165, 1.54) is 0 Å². The molecule has 0 aliphatic rings. The van der Waals surface area contributed by atoms with Crippen LogP contribution in [0.3, 0.4) is 0 Å². The fraction of sp³-hybridized carbons (Fsp3) is 0.100. The van der Waals surface area contributed by atoms with E-state index in [9.17, 15) is 0 Å². The molecule has 2 rings (SSSR count). The van der Waals surface area contributed by atoms with Crippen molar-refractivity contribution in [1.82, 2.24) is 0 Å². The lowest BCUT2D eigenvalue weighted by Crippen LogP contribution is -1.87. The average molecular weight is 320 g/mol. The smallest absolute Gasteiger partial charge is 0.118 e. The highest BCUT2D eigenvalue weighted by molar-refractivity contribution is 5.68. The minimum Gasteiger partial charge on any atom is -0.497 e. The number of nitrogens with zero attached hydrogens (tertiary/aromatic N) is 2. The Bertz CT molecular complexity index is 690. The highest BCUT2D eigenvalue weighted by atomic mass is 16.5. The van der Waals surface area contributed by atoms with E-state index >= 15 is 0 Å². The van der Waals surface area contributed by atoms with Gasteiger partial charge in [0.2, 0.25) is 0 Å². The maximum atomic E-state index is 5.16. The van der Waals surface area contributed by atoms with Crippen molar-refractivity contribution >= 4 is 25.6 Å². The summed E-state index contributed by atoms with van der Waals surface area (Å²) in [5.74, 6) is 1.60. The summed E-state index contributed by atoms with van der Waals surface area (Å²) >= 11 is 0. The zero-order valence-corrected chi connectivity index (χ0v) is 13.9. The minimum absolute atomic E-state index is 0.644. The van der Waals surface area contributed by atoms with Crippen LogP contribution in [0.15, 0.2) is 69.9 Å². The molecule has 0 heterocycles. The Kier molecular flexibility index (Phi) is 6.08. The summed E-state index contributed by atoms with van der Waals surface area (Å²) in [6, 6.07) is 15.3. The maximum Gasteiger partial charge on any atom is 0.118 e. The second-order valence-electron chi connectivity index (χ2n) is 4.92. The molecule has 0 fully saturated rings. The van der Waals surface area contributed by atoms with Crippen LogP contribution in [-0.4, -0.2) is 27.7 Å². The van der Waals surface area contributed by atoms with Gasteiger partial charge in [-0.3, -0.25) is 9.98 Å². The van der Waals surface area contributed by atoms with Gasteiger partial charge in [0.25, 0.3) is 0 Å². The maximum absolute atomic E-state index is 5.16. The molecular formula is C20H20N2O2. The molecular weight excluding hydrogens is 300 g/mol. The Balaban J connectivity index is 2.33. The standard InChI is InChI=1S/C20H20N2O2/c1-21-19(13-15-5-9-17(23-3)10-6-15)20(22-2)14-16-7-11-18(24-4)12-8-16/h5-14H,1-2H2,3-4H3. The van der Waals surface area contributed by atoms with Crippen molar-refractivity contribution in [2.45, 2.75) is 0 Å². The number of rotatable bonds is 7. The van der Waals surface area contributed by atoms with E-state index in [0.29, 0.717) is 11.4 Å². The van der Waals surface area contributed by atoms with Crippen LogP contribution in [0.2, 0.25) is 0 Å². The highest BCUT2D eigenvalue weighted by Gasteiger charge is 2.03. The zero-order valence-electron chi connectivity index (χ0n) is 13.9. The molecule has 0 aliphatic carbocycles. The molecule has 2 aromatic carbocycles. The summed E-state index contributed by atoms with van der Waals surface area (Å²) in [4.78, 5) is 8.16. The fourth-order valence-electron chi connectivity index (χ4n) is 2.12. The zero-order chi connectivity index (χ0) is 17.4. The van der Waals surface area contributed by atoms with E-state index in [0.717, 1.165) is 22.6 Å². The first-order chi connectivity index (χ1) is 11.7. The Labute approximate surface area is 142 Å². The largest absolute Gasteiger partial charge is 0.497 e. The van der Waals surface area contributed by atoms with Gasteiger partial charge in [-0.05, 0) is 61.0 Å². The third-order valence-electron chi connectivity index (χ3n) is 3.44. The van der Waals surface area contributed by atoms with E-state index in [-0.39, 0.29) is 0 Å². The van der Waals surface area contributed by atoms with E-state index in [4.69, 9.17) is 9.47 Å². The van der Waals surface area contributed by atoms with Gasteiger partial charge in [0.1, 0.15) is 11.5 Å². The Morgan fingerprint density at radius 1 is 0.708 bits per heavy atom. The number of benzene rings is 2. The van der Waals surface area contributed by atoms with Crippen LogP contribution in [0.25, 0.3) is 12.2 Å². The van der Waals surface area contributed by atoms with Gasteiger partial charge >= 0.3 is 0 Å². The first-order valence-corrected chi connectivity index (χ1v) is 7.35. The van der Waals surface area contributed by atoms with Gasteiger partial charge < -0.3 is 9.47 Å². The molecule has 0 N–H and O–H groups in total. The Hall–Kier alpha value is -3.14. The van der Waals surface area contributed by atoms with Gasteiger partial charge in [-0.25, -0.2) is 0 Å². The van der Waals surface area contributed by atoms with Gasteiger partial charge in [-0.1, -0.05) is 24.3 Å². The lowest BCUT2D eigenvalue weighted by molar-refractivity contribution is 0.414. The molecule has 0 bridgehead atoms. The van der Waals surface area contributed by atoms with Crippen LogP contribution in [0.5, 0.6) is 11.5 Å². The fourth-order valence-corrected chi connectivity index (χ4v) is 2.12. The monoisotopic (exact) mass is 320 g/mol. The summed E-state index contributed by atoms with van der Waals surface area (Å²) in [7, 11) is 3.28. The van der Waals surface area contributed by atoms with Gasteiger partial charge in [0.15, 0.2) is 0 Å². The van der Waals surface area contributed by atoms with Gasteiger partial charge in [-0.15, -0.1) is 0 Å². The summed E-state index contributed by atoms with van der Waals surface area (Å²) in [6.07, 6.45) is 3.80. The molecule has 0 saturated heterocycles. The van der Waals surface area contributed by atoms with Crippen molar-refractivity contribution in [3.8, 4) is 11.5 Å². The normalized spacial score (nSPS) is 11.8.